The van der Waals surface area contributed by atoms with Crippen molar-refractivity contribution in [1.82, 2.24) is 9.80 Å². The molecule has 2 saturated heterocycles. The Balaban J connectivity index is 1.22. The molecule has 166 valence electrons. The molecular weight excluding hydrogens is 404 g/mol. The van der Waals surface area contributed by atoms with Gasteiger partial charge in [0, 0.05) is 44.7 Å². The largest absolute Gasteiger partial charge is 0.508 e. The SMILES string of the molecule is O=C(c1ccc2cc(-c3ccc(O)cc3)ccc2c1)N1CCN(CCC2OCCO2)CC1. The van der Waals surface area contributed by atoms with Crippen LogP contribution in [0.25, 0.3) is 21.9 Å². The predicted octanol–water partition coefficient (Wildman–Crippen LogP) is 3.73. The van der Waals surface area contributed by atoms with Crippen LogP contribution in [0.2, 0.25) is 0 Å². The summed E-state index contributed by atoms with van der Waals surface area (Å²) >= 11 is 0. The van der Waals surface area contributed by atoms with Crippen LogP contribution >= 0.6 is 0 Å². The molecule has 0 aromatic heterocycles. The van der Waals surface area contributed by atoms with Gasteiger partial charge in [-0.3, -0.25) is 9.69 Å². The standard InChI is InChI=1S/C26H28N2O4/c29-24-7-5-19(6-8-24)20-1-2-22-18-23(4-3-21(22)17-20)26(30)28-13-11-27(12-14-28)10-9-25-31-15-16-32-25/h1-8,17-18,25,29H,9-16H2. The number of rotatable bonds is 5. The van der Waals surface area contributed by atoms with E-state index in [1.54, 1.807) is 12.1 Å². The molecule has 5 rings (SSSR count). The van der Waals surface area contributed by atoms with Crippen LogP contribution in [0, 0.1) is 0 Å². The van der Waals surface area contributed by atoms with Gasteiger partial charge in [-0.2, -0.15) is 0 Å². The minimum Gasteiger partial charge on any atom is -0.508 e. The van der Waals surface area contributed by atoms with Crippen LogP contribution in [-0.2, 0) is 9.47 Å². The molecule has 2 heterocycles. The van der Waals surface area contributed by atoms with E-state index in [1.165, 1.54) is 0 Å². The van der Waals surface area contributed by atoms with E-state index in [1.807, 2.05) is 35.2 Å². The Labute approximate surface area is 188 Å². The smallest absolute Gasteiger partial charge is 0.253 e. The summed E-state index contributed by atoms with van der Waals surface area (Å²) < 4.78 is 11.0. The fourth-order valence-electron chi connectivity index (χ4n) is 4.43. The lowest BCUT2D eigenvalue weighted by Gasteiger charge is -2.35. The molecular formula is C26H28N2O4. The van der Waals surface area contributed by atoms with Crippen molar-refractivity contribution in [3.63, 3.8) is 0 Å². The first-order chi connectivity index (χ1) is 15.7. The maximum atomic E-state index is 13.1. The van der Waals surface area contributed by atoms with E-state index in [0.29, 0.717) is 13.2 Å². The third-order valence-electron chi connectivity index (χ3n) is 6.32. The van der Waals surface area contributed by atoms with E-state index >= 15 is 0 Å². The van der Waals surface area contributed by atoms with Gasteiger partial charge < -0.3 is 19.5 Å². The number of fused-ring (bicyclic) bond motifs is 1. The lowest BCUT2D eigenvalue weighted by Crippen LogP contribution is -2.49. The second kappa shape index (κ2) is 9.28. The summed E-state index contributed by atoms with van der Waals surface area (Å²) in [5.74, 6) is 0.354. The molecule has 2 aliphatic rings. The lowest BCUT2D eigenvalue weighted by atomic mass is 9.99. The molecule has 0 saturated carbocycles. The molecule has 6 nitrogen and oxygen atoms in total. The van der Waals surface area contributed by atoms with Crippen molar-refractivity contribution in [1.29, 1.82) is 0 Å². The molecule has 0 radical (unpaired) electrons. The average Bonchev–Trinajstić information content (AvgIpc) is 3.36. The van der Waals surface area contributed by atoms with Gasteiger partial charge in [0.1, 0.15) is 5.75 Å². The lowest BCUT2D eigenvalue weighted by molar-refractivity contribution is -0.0529. The summed E-state index contributed by atoms with van der Waals surface area (Å²) in [6.07, 6.45) is 0.812. The zero-order chi connectivity index (χ0) is 21.9. The first-order valence-corrected chi connectivity index (χ1v) is 11.2. The molecule has 6 heteroatoms. The fraction of sp³-hybridized carbons (Fsp3) is 0.346. The van der Waals surface area contributed by atoms with Crippen molar-refractivity contribution in [3.05, 3.63) is 66.2 Å². The zero-order valence-electron chi connectivity index (χ0n) is 18.1. The first-order valence-electron chi connectivity index (χ1n) is 11.2. The number of carbonyl (C=O) groups excluding carboxylic acids is 1. The Morgan fingerprint density at radius 2 is 1.50 bits per heavy atom. The predicted molar refractivity (Wildman–Crippen MR) is 124 cm³/mol. The molecule has 0 spiro atoms. The van der Waals surface area contributed by atoms with Crippen molar-refractivity contribution in [2.45, 2.75) is 12.7 Å². The van der Waals surface area contributed by atoms with E-state index in [-0.39, 0.29) is 17.9 Å². The number of piperazine rings is 1. The van der Waals surface area contributed by atoms with Crippen molar-refractivity contribution >= 4 is 16.7 Å². The van der Waals surface area contributed by atoms with Gasteiger partial charge in [-0.1, -0.05) is 30.3 Å². The summed E-state index contributed by atoms with van der Waals surface area (Å²) in [5, 5.41) is 11.6. The van der Waals surface area contributed by atoms with E-state index < -0.39 is 0 Å². The summed E-state index contributed by atoms with van der Waals surface area (Å²) in [5.41, 5.74) is 2.87. The van der Waals surface area contributed by atoms with Crippen molar-refractivity contribution in [2.24, 2.45) is 0 Å². The number of aromatic hydroxyl groups is 1. The monoisotopic (exact) mass is 432 g/mol. The molecule has 2 aliphatic heterocycles. The molecule has 0 aliphatic carbocycles. The molecule has 1 N–H and O–H groups in total. The van der Waals surface area contributed by atoms with E-state index in [0.717, 1.165) is 66.6 Å². The topological polar surface area (TPSA) is 62.2 Å². The quantitative estimate of drug-likeness (QED) is 0.666. The highest BCUT2D eigenvalue weighted by molar-refractivity contribution is 5.99. The van der Waals surface area contributed by atoms with Gasteiger partial charge in [-0.05, 0) is 52.2 Å². The van der Waals surface area contributed by atoms with Gasteiger partial charge in [-0.25, -0.2) is 0 Å². The second-order valence-electron chi connectivity index (χ2n) is 8.42. The number of phenols is 1. The normalized spacial score (nSPS) is 17.8. The van der Waals surface area contributed by atoms with Crippen LogP contribution in [0.4, 0.5) is 0 Å². The molecule has 32 heavy (non-hydrogen) atoms. The number of hydrogen-bond acceptors (Lipinski definition) is 5. The maximum Gasteiger partial charge on any atom is 0.253 e. The molecule has 2 fully saturated rings. The Kier molecular flexibility index (Phi) is 6.08. The summed E-state index contributed by atoms with van der Waals surface area (Å²) in [7, 11) is 0. The highest BCUT2D eigenvalue weighted by atomic mass is 16.7. The van der Waals surface area contributed by atoms with E-state index in [2.05, 4.69) is 23.1 Å². The first kappa shape index (κ1) is 20.9. The molecule has 0 bridgehead atoms. The number of hydrogen-bond donors (Lipinski definition) is 1. The number of amides is 1. The zero-order valence-corrected chi connectivity index (χ0v) is 18.1. The number of nitrogens with zero attached hydrogens (tertiary/aromatic N) is 2. The second-order valence-corrected chi connectivity index (χ2v) is 8.42. The average molecular weight is 433 g/mol. The van der Waals surface area contributed by atoms with Crippen LogP contribution in [0.5, 0.6) is 5.75 Å². The fourth-order valence-corrected chi connectivity index (χ4v) is 4.43. The third-order valence-corrected chi connectivity index (χ3v) is 6.32. The molecule has 0 unspecified atom stereocenters. The van der Waals surface area contributed by atoms with Crippen molar-refractivity contribution in [2.75, 3.05) is 45.9 Å². The van der Waals surface area contributed by atoms with Gasteiger partial charge in [0.05, 0.1) is 13.2 Å². The Bertz CT molecular complexity index is 1080. The summed E-state index contributed by atoms with van der Waals surface area (Å²) in [6.45, 7) is 5.55. The number of ether oxygens (including phenoxy) is 2. The van der Waals surface area contributed by atoms with Gasteiger partial charge >= 0.3 is 0 Å². The Hall–Kier alpha value is -2.93. The van der Waals surface area contributed by atoms with Crippen LogP contribution in [0.15, 0.2) is 60.7 Å². The number of phenolic OH excluding ortho intramolecular Hbond substituents is 1. The van der Waals surface area contributed by atoms with Crippen LogP contribution in [0.1, 0.15) is 16.8 Å². The highest BCUT2D eigenvalue weighted by Gasteiger charge is 2.24. The van der Waals surface area contributed by atoms with Gasteiger partial charge in [0.25, 0.3) is 5.91 Å². The molecule has 0 atom stereocenters. The maximum absolute atomic E-state index is 13.1. The van der Waals surface area contributed by atoms with Crippen molar-refractivity contribution < 1.29 is 19.4 Å². The number of benzene rings is 3. The molecule has 3 aromatic rings. The third kappa shape index (κ3) is 4.63. The van der Waals surface area contributed by atoms with Crippen LogP contribution in [-0.4, -0.2) is 73.0 Å². The van der Waals surface area contributed by atoms with E-state index in [4.69, 9.17) is 9.47 Å². The molecule has 3 aromatic carbocycles. The molecule has 1 amide bonds. The minimum absolute atomic E-state index is 0.0678. The van der Waals surface area contributed by atoms with Gasteiger partial charge in [0.15, 0.2) is 6.29 Å². The van der Waals surface area contributed by atoms with Gasteiger partial charge in [-0.15, -0.1) is 0 Å². The van der Waals surface area contributed by atoms with Crippen LogP contribution < -0.4 is 0 Å². The Morgan fingerprint density at radius 1 is 0.844 bits per heavy atom. The Morgan fingerprint density at radius 3 is 2.25 bits per heavy atom. The minimum atomic E-state index is -0.0678. The van der Waals surface area contributed by atoms with Crippen LogP contribution in [0.3, 0.4) is 0 Å². The van der Waals surface area contributed by atoms with E-state index in [9.17, 15) is 9.90 Å². The summed E-state index contributed by atoms with van der Waals surface area (Å²) in [6, 6.07) is 19.3. The number of carbonyl (C=O) groups is 1. The summed E-state index contributed by atoms with van der Waals surface area (Å²) in [4.78, 5) is 17.4. The van der Waals surface area contributed by atoms with Crippen molar-refractivity contribution in [3.8, 4) is 16.9 Å². The highest BCUT2D eigenvalue weighted by Crippen LogP contribution is 2.27. The van der Waals surface area contributed by atoms with Gasteiger partial charge in [0.2, 0.25) is 0 Å².